The molecule has 3 amide bonds. The first-order chi connectivity index (χ1) is 33.7. The fraction of sp³-hybridized carbons (Fsp3) is 0.449. The molecule has 382 valence electrons. The normalized spacial score (nSPS) is 16.6. The molecule has 0 radical (unpaired) electrons. The zero-order valence-electron chi connectivity index (χ0n) is 40.3. The van der Waals surface area contributed by atoms with Gasteiger partial charge in [0.2, 0.25) is 11.8 Å². The van der Waals surface area contributed by atoms with Crippen LogP contribution in [0, 0.1) is 0 Å². The van der Waals surface area contributed by atoms with E-state index in [2.05, 4.69) is 59.1 Å². The summed E-state index contributed by atoms with van der Waals surface area (Å²) in [6.07, 6.45) is 2.92. The van der Waals surface area contributed by atoms with Crippen LogP contribution in [0.2, 0.25) is 0 Å². The number of piperidine rings is 2. The molecule has 0 spiro atoms. The molecule has 3 heterocycles. The first kappa shape index (κ1) is 55.3. The maximum absolute atomic E-state index is 13.1. The fourth-order valence-corrected chi connectivity index (χ4v) is 10.8. The van der Waals surface area contributed by atoms with Crippen molar-refractivity contribution in [2.75, 3.05) is 105 Å². The predicted molar refractivity (Wildman–Crippen MR) is 267 cm³/mol. The number of carbonyl (C=O) groups is 3. The third-order valence-electron chi connectivity index (χ3n) is 12.3. The Morgan fingerprint density at radius 3 is 1.46 bits per heavy atom. The molecule has 3 saturated heterocycles. The lowest BCUT2D eigenvalue weighted by Crippen LogP contribution is -2.50. The first-order valence-corrected chi connectivity index (χ1v) is 25.9. The van der Waals surface area contributed by atoms with Gasteiger partial charge in [0.25, 0.3) is 10.2 Å². The highest BCUT2D eigenvalue weighted by molar-refractivity contribution is 7.87. The number of cyclic esters (lactones) is 1. The van der Waals surface area contributed by atoms with Crippen molar-refractivity contribution in [2.45, 2.75) is 49.4 Å². The van der Waals surface area contributed by atoms with Crippen molar-refractivity contribution in [3.63, 3.8) is 0 Å². The Morgan fingerprint density at radius 1 is 0.600 bits per heavy atom. The Morgan fingerprint density at radius 2 is 1.03 bits per heavy atom. The van der Waals surface area contributed by atoms with Crippen LogP contribution in [-0.4, -0.2) is 137 Å². The summed E-state index contributed by atoms with van der Waals surface area (Å²) in [5.41, 5.74) is 3.08. The number of methoxy groups -OCH3 is 4. The Kier molecular flexibility index (Phi) is 21.4. The molecule has 0 aromatic heterocycles. The minimum Gasteiger partial charge on any atom is -0.495 e. The summed E-state index contributed by atoms with van der Waals surface area (Å²) in [7, 11) is -1.18. The summed E-state index contributed by atoms with van der Waals surface area (Å²) in [5.74, 6) is 1.18. The van der Waals surface area contributed by atoms with E-state index in [9.17, 15) is 31.2 Å². The summed E-state index contributed by atoms with van der Waals surface area (Å²) >= 11 is 0. The highest BCUT2D eigenvalue weighted by Crippen LogP contribution is 2.40. The molecule has 3 aliphatic rings. The van der Waals surface area contributed by atoms with Crippen LogP contribution in [0.4, 0.5) is 16.2 Å². The second kappa shape index (κ2) is 27.1. The summed E-state index contributed by atoms with van der Waals surface area (Å²) < 4.78 is 79.6. The van der Waals surface area contributed by atoms with E-state index in [0.29, 0.717) is 60.5 Å². The topological polar surface area (TPSA) is 232 Å². The van der Waals surface area contributed by atoms with Crippen molar-refractivity contribution >= 4 is 49.7 Å². The number of anilines is 2. The monoisotopic (exact) mass is 1010 g/mol. The number of hydrogen-bond donors (Lipinski definition) is 5. The van der Waals surface area contributed by atoms with Crippen LogP contribution in [0.15, 0.2) is 109 Å². The van der Waals surface area contributed by atoms with Gasteiger partial charge in [-0.1, -0.05) is 84.9 Å². The van der Waals surface area contributed by atoms with Crippen LogP contribution in [-0.2, 0) is 55.0 Å². The molecule has 3 fully saturated rings. The Balaban J connectivity index is 0.000000211. The van der Waals surface area contributed by atoms with E-state index in [0.717, 1.165) is 37.2 Å². The van der Waals surface area contributed by atoms with Gasteiger partial charge in [-0.3, -0.25) is 9.59 Å². The quantitative estimate of drug-likeness (QED) is 0.0750. The van der Waals surface area contributed by atoms with Gasteiger partial charge in [0.1, 0.15) is 18.1 Å². The molecule has 0 saturated carbocycles. The third-order valence-corrected chi connectivity index (χ3v) is 15.4. The molecule has 5 N–H and O–H groups in total. The van der Waals surface area contributed by atoms with Crippen molar-refractivity contribution in [1.29, 1.82) is 0 Å². The van der Waals surface area contributed by atoms with Crippen molar-refractivity contribution in [3.05, 3.63) is 120 Å². The van der Waals surface area contributed by atoms with Gasteiger partial charge in [0.05, 0.1) is 45.4 Å². The second-order valence-electron chi connectivity index (χ2n) is 16.8. The number of ether oxygens (including phenoxy) is 5. The Bertz CT molecular complexity index is 2490. The van der Waals surface area contributed by atoms with E-state index in [-0.39, 0.29) is 56.5 Å². The number of benzene rings is 4. The zero-order valence-corrected chi connectivity index (χ0v) is 41.9. The van der Waals surface area contributed by atoms with Gasteiger partial charge < -0.3 is 39.6 Å². The van der Waals surface area contributed by atoms with Crippen LogP contribution in [0.5, 0.6) is 11.5 Å². The molecule has 4 aromatic carbocycles. The number of hydrogen-bond acceptors (Lipinski definition) is 13. The average molecular weight is 1010 g/mol. The highest BCUT2D eigenvalue weighted by atomic mass is 32.2. The van der Waals surface area contributed by atoms with E-state index in [1.807, 2.05) is 72.8 Å². The number of rotatable bonds is 20. The third kappa shape index (κ3) is 15.7. The smallest absolute Gasteiger partial charge is 0.424 e. The van der Waals surface area contributed by atoms with Crippen LogP contribution in [0.3, 0.4) is 0 Å². The van der Waals surface area contributed by atoms with Crippen LogP contribution in [0.25, 0.3) is 0 Å². The average Bonchev–Trinajstić information content (AvgIpc) is 3.82. The van der Waals surface area contributed by atoms with E-state index < -0.39 is 31.9 Å². The maximum Gasteiger partial charge on any atom is 0.424 e. The van der Waals surface area contributed by atoms with E-state index >= 15 is 0 Å². The first-order valence-electron chi connectivity index (χ1n) is 23.1. The van der Waals surface area contributed by atoms with Gasteiger partial charge in [0.15, 0.2) is 0 Å². The summed E-state index contributed by atoms with van der Waals surface area (Å²) in [6, 6.07) is 35.1. The van der Waals surface area contributed by atoms with Crippen LogP contribution < -0.4 is 34.9 Å². The largest absolute Gasteiger partial charge is 0.495 e. The summed E-state index contributed by atoms with van der Waals surface area (Å²) in [5, 5.41) is 9.37. The van der Waals surface area contributed by atoms with Crippen molar-refractivity contribution in [1.82, 2.24) is 23.4 Å². The predicted octanol–water partition coefficient (Wildman–Crippen LogP) is 4.80. The lowest BCUT2D eigenvalue weighted by Gasteiger charge is -2.41. The molecule has 7 rings (SSSR count). The number of para-hydroxylation sites is 4. The van der Waals surface area contributed by atoms with Crippen molar-refractivity contribution in [2.24, 2.45) is 0 Å². The Labute approximate surface area is 412 Å². The molecular formula is C49H67N7O12S2. The SMILES string of the molecule is COCCNS(=O)(=O)N1CCC(CC(=O)Nc2ccccc2OC)(c2ccccc2)CC1.COCCNS(=O)(=O)N1CCOC1=O.COc1ccccc1NC(=O)CC1(c2ccccc2)CCNCC1. The van der Waals surface area contributed by atoms with Gasteiger partial charge in [-0.2, -0.15) is 34.9 Å². The zero-order chi connectivity index (χ0) is 50.5. The Hall–Kier alpha value is -5.65. The lowest BCUT2D eigenvalue weighted by atomic mass is 9.70. The molecule has 21 heteroatoms. The van der Waals surface area contributed by atoms with Gasteiger partial charge in [-0.05, 0) is 74.2 Å². The molecule has 0 aliphatic carbocycles. The van der Waals surface area contributed by atoms with Crippen molar-refractivity contribution in [3.8, 4) is 11.5 Å². The minimum absolute atomic E-state index is 0.0326. The molecule has 0 atom stereocenters. The second-order valence-corrected chi connectivity index (χ2v) is 20.2. The van der Waals surface area contributed by atoms with Gasteiger partial charge in [0, 0.05) is 64.1 Å². The number of amides is 3. The van der Waals surface area contributed by atoms with Crippen molar-refractivity contribution < 1.29 is 54.9 Å². The van der Waals surface area contributed by atoms with E-state index in [1.165, 1.54) is 24.1 Å². The lowest BCUT2D eigenvalue weighted by molar-refractivity contribution is -0.118. The van der Waals surface area contributed by atoms with Crippen LogP contribution >= 0.6 is 0 Å². The number of nitrogens with one attached hydrogen (secondary N) is 5. The number of carbonyl (C=O) groups excluding carboxylic acids is 3. The molecular weight excluding hydrogens is 943 g/mol. The van der Waals surface area contributed by atoms with Gasteiger partial charge >= 0.3 is 16.3 Å². The standard InChI is InChI=1S/C23H31N3O5S.C20H24N2O2.C6H12N2O5S/c1-30-17-14-24-32(28,29)26-15-12-23(13-16-26,19-8-4-3-5-9-19)18-22(27)25-20-10-6-7-11-21(20)31-2;1-24-18-10-6-5-9-17(18)22-19(23)15-20(11-13-21-14-12-20)16-7-3-2-4-8-16;1-12-4-2-7-14(10,11)8-3-5-13-6(8)9/h3-11,24H,12-18H2,1-2H3,(H,25,27);2-10,21H,11-15H2,1H3,(H,22,23);7H,2-5H2,1H3. The molecule has 70 heavy (non-hydrogen) atoms. The maximum atomic E-state index is 13.1. The van der Waals surface area contributed by atoms with E-state index in [1.54, 1.807) is 26.4 Å². The summed E-state index contributed by atoms with van der Waals surface area (Å²) in [4.78, 5) is 36.7. The molecule has 3 aliphatic heterocycles. The highest BCUT2D eigenvalue weighted by Gasteiger charge is 2.41. The fourth-order valence-electron chi connectivity index (χ4n) is 8.59. The molecule has 0 bridgehead atoms. The van der Waals surface area contributed by atoms with Crippen LogP contribution in [0.1, 0.15) is 49.7 Å². The van der Waals surface area contributed by atoms with Gasteiger partial charge in [-0.15, -0.1) is 0 Å². The molecule has 0 unspecified atom stereocenters. The number of nitrogens with zero attached hydrogens (tertiary/aromatic N) is 2. The molecule has 4 aromatic rings. The summed E-state index contributed by atoms with van der Waals surface area (Å²) in [6.45, 7) is 3.62. The van der Waals surface area contributed by atoms with Gasteiger partial charge in [-0.25, -0.2) is 4.79 Å². The minimum atomic E-state index is -3.75. The van der Waals surface area contributed by atoms with E-state index in [4.69, 9.17) is 14.2 Å². The molecule has 19 nitrogen and oxygen atoms in total.